The molecule has 5 heteroatoms. The second-order valence-electron chi connectivity index (χ2n) is 7.04. The van der Waals surface area contributed by atoms with Gasteiger partial charge in [0.15, 0.2) is 11.4 Å². The minimum Gasteiger partial charge on any atom is -0.491 e. The van der Waals surface area contributed by atoms with Crippen molar-refractivity contribution < 1.29 is 14.6 Å². The van der Waals surface area contributed by atoms with E-state index in [-0.39, 0.29) is 5.69 Å². The van der Waals surface area contributed by atoms with E-state index in [9.17, 15) is 9.90 Å². The molecule has 5 nitrogen and oxygen atoms in total. The summed E-state index contributed by atoms with van der Waals surface area (Å²) in [6.07, 6.45) is 9.63. The largest absolute Gasteiger partial charge is 0.491 e. The Bertz CT molecular complexity index is 580. The molecule has 0 amide bonds. The molecule has 1 aromatic rings. The van der Waals surface area contributed by atoms with Gasteiger partial charge in [-0.1, -0.05) is 13.3 Å². The first-order chi connectivity index (χ1) is 11.7. The number of carbonyl (C=O) groups is 1. The number of unbranched alkanes of at least 4 members (excludes halogenated alkanes) is 1. The van der Waals surface area contributed by atoms with Crippen LogP contribution in [0.1, 0.15) is 60.6 Å². The summed E-state index contributed by atoms with van der Waals surface area (Å²) in [5.41, 5.74) is 2.35. The van der Waals surface area contributed by atoms with Crippen LogP contribution in [0, 0.1) is 5.92 Å². The van der Waals surface area contributed by atoms with E-state index in [4.69, 9.17) is 4.74 Å². The lowest BCUT2D eigenvalue weighted by atomic mass is 9.87. The Morgan fingerprint density at radius 3 is 2.92 bits per heavy atom. The van der Waals surface area contributed by atoms with Gasteiger partial charge in [0.2, 0.25) is 0 Å². The third kappa shape index (κ3) is 3.89. The number of hydrogen-bond acceptors (Lipinski definition) is 4. The summed E-state index contributed by atoms with van der Waals surface area (Å²) in [4.78, 5) is 18.1. The normalized spacial score (nSPS) is 18.9. The monoisotopic (exact) mass is 332 g/mol. The van der Waals surface area contributed by atoms with Crippen LogP contribution in [0.3, 0.4) is 0 Å². The predicted octanol–water partition coefficient (Wildman–Crippen LogP) is 3.16. The molecule has 1 aromatic heterocycles. The molecule has 0 radical (unpaired) electrons. The standard InChI is InChI=1S/C19H28N2O3/c1-2-3-8-21-9-6-14(7-10-21)12-15-13-20-17(19(22)23)18-16(15)5-4-11-24-18/h13-14H,2-12H2,1H3,(H,22,23). The molecule has 3 rings (SSSR count). The number of piperidine rings is 1. The van der Waals surface area contributed by atoms with Crippen LogP contribution >= 0.6 is 0 Å². The quantitative estimate of drug-likeness (QED) is 0.867. The van der Waals surface area contributed by atoms with Gasteiger partial charge in [-0.25, -0.2) is 9.78 Å². The van der Waals surface area contributed by atoms with Crippen LogP contribution < -0.4 is 4.74 Å². The summed E-state index contributed by atoms with van der Waals surface area (Å²) in [5.74, 6) is 0.196. The minimum absolute atomic E-state index is 0.0721. The number of carboxylic acid groups (broad SMARTS) is 1. The first-order valence-electron chi connectivity index (χ1n) is 9.28. The molecular weight excluding hydrogens is 304 g/mol. The average molecular weight is 332 g/mol. The van der Waals surface area contributed by atoms with Crippen LogP contribution in [0.2, 0.25) is 0 Å². The van der Waals surface area contributed by atoms with Crippen LogP contribution in [0.15, 0.2) is 6.20 Å². The molecular formula is C19H28N2O3. The maximum atomic E-state index is 11.3. The van der Waals surface area contributed by atoms with Crippen molar-refractivity contribution in [2.75, 3.05) is 26.2 Å². The van der Waals surface area contributed by atoms with Gasteiger partial charge in [0.1, 0.15) is 0 Å². The highest BCUT2D eigenvalue weighted by atomic mass is 16.5. The molecule has 0 spiro atoms. The number of aromatic nitrogens is 1. The first kappa shape index (κ1) is 17.2. The second kappa shape index (κ2) is 7.97. The smallest absolute Gasteiger partial charge is 0.358 e. The van der Waals surface area contributed by atoms with Crippen LogP contribution in [0.4, 0.5) is 0 Å². The second-order valence-corrected chi connectivity index (χ2v) is 7.04. The summed E-state index contributed by atoms with van der Waals surface area (Å²) in [7, 11) is 0. The zero-order chi connectivity index (χ0) is 16.9. The molecule has 0 aromatic carbocycles. The summed E-state index contributed by atoms with van der Waals surface area (Å²) in [6, 6.07) is 0. The van der Waals surface area contributed by atoms with Gasteiger partial charge in [-0.15, -0.1) is 0 Å². The van der Waals surface area contributed by atoms with Crippen molar-refractivity contribution in [1.29, 1.82) is 0 Å². The van der Waals surface area contributed by atoms with Crippen molar-refractivity contribution in [2.45, 2.75) is 51.9 Å². The molecule has 24 heavy (non-hydrogen) atoms. The average Bonchev–Trinajstić information content (AvgIpc) is 2.61. The topological polar surface area (TPSA) is 62.7 Å². The summed E-state index contributed by atoms with van der Waals surface area (Å²) in [6.45, 7) is 6.43. The van der Waals surface area contributed by atoms with Crippen molar-refractivity contribution in [3.8, 4) is 5.75 Å². The third-order valence-corrected chi connectivity index (χ3v) is 5.29. The number of ether oxygens (including phenoxy) is 1. The molecule has 3 heterocycles. The SMILES string of the molecule is CCCCN1CCC(Cc2cnc(C(=O)O)c3c2CCCO3)CC1. The molecule has 0 aliphatic carbocycles. The highest BCUT2D eigenvalue weighted by molar-refractivity contribution is 5.89. The molecule has 132 valence electrons. The van der Waals surface area contributed by atoms with E-state index in [2.05, 4.69) is 16.8 Å². The highest BCUT2D eigenvalue weighted by Crippen LogP contribution is 2.33. The summed E-state index contributed by atoms with van der Waals surface area (Å²) < 4.78 is 5.66. The summed E-state index contributed by atoms with van der Waals surface area (Å²) in [5, 5.41) is 9.31. The van der Waals surface area contributed by atoms with E-state index in [1.807, 2.05) is 0 Å². The number of pyridine rings is 1. The fraction of sp³-hybridized carbons (Fsp3) is 0.684. The molecule has 0 bridgehead atoms. The Morgan fingerprint density at radius 2 is 2.21 bits per heavy atom. The molecule has 1 saturated heterocycles. The van der Waals surface area contributed by atoms with Gasteiger partial charge in [0, 0.05) is 11.8 Å². The number of carboxylic acids is 1. The van der Waals surface area contributed by atoms with E-state index in [1.165, 1.54) is 50.9 Å². The van der Waals surface area contributed by atoms with Gasteiger partial charge < -0.3 is 14.7 Å². The Hall–Kier alpha value is -1.62. The van der Waals surface area contributed by atoms with E-state index in [1.54, 1.807) is 6.20 Å². The van der Waals surface area contributed by atoms with Crippen LogP contribution in [0.25, 0.3) is 0 Å². The number of likely N-dealkylation sites (tertiary alicyclic amines) is 1. The fourth-order valence-corrected chi connectivity index (χ4v) is 3.86. The maximum absolute atomic E-state index is 11.3. The molecule has 2 aliphatic heterocycles. The van der Waals surface area contributed by atoms with Gasteiger partial charge in [-0.2, -0.15) is 0 Å². The number of fused-ring (bicyclic) bond motifs is 1. The van der Waals surface area contributed by atoms with E-state index in [0.29, 0.717) is 18.3 Å². The van der Waals surface area contributed by atoms with E-state index in [0.717, 1.165) is 24.8 Å². The van der Waals surface area contributed by atoms with Gasteiger partial charge in [0.25, 0.3) is 0 Å². The third-order valence-electron chi connectivity index (χ3n) is 5.29. The first-order valence-corrected chi connectivity index (χ1v) is 9.28. The van der Waals surface area contributed by atoms with Gasteiger partial charge in [0.05, 0.1) is 6.61 Å². The van der Waals surface area contributed by atoms with Gasteiger partial charge in [-0.3, -0.25) is 0 Å². The predicted molar refractivity (Wildman–Crippen MR) is 92.8 cm³/mol. The molecule has 1 N–H and O–H groups in total. The number of aromatic carboxylic acids is 1. The van der Waals surface area contributed by atoms with Crippen molar-refractivity contribution in [3.63, 3.8) is 0 Å². The van der Waals surface area contributed by atoms with Crippen molar-refractivity contribution in [1.82, 2.24) is 9.88 Å². The zero-order valence-corrected chi connectivity index (χ0v) is 14.6. The van der Waals surface area contributed by atoms with Crippen molar-refractivity contribution in [2.24, 2.45) is 5.92 Å². The summed E-state index contributed by atoms with van der Waals surface area (Å²) >= 11 is 0. The Morgan fingerprint density at radius 1 is 1.42 bits per heavy atom. The van der Waals surface area contributed by atoms with Crippen LogP contribution in [-0.4, -0.2) is 47.2 Å². The molecule has 0 saturated carbocycles. The van der Waals surface area contributed by atoms with Crippen molar-refractivity contribution >= 4 is 5.97 Å². The van der Waals surface area contributed by atoms with Gasteiger partial charge in [-0.05, 0) is 69.6 Å². The van der Waals surface area contributed by atoms with Gasteiger partial charge >= 0.3 is 5.97 Å². The molecule has 0 atom stereocenters. The van der Waals surface area contributed by atoms with E-state index >= 15 is 0 Å². The zero-order valence-electron chi connectivity index (χ0n) is 14.6. The number of rotatable bonds is 6. The Balaban J connectivity index is 1.67. The lowest BCUT2D eigenvalue weighted by Gasteiger charge is -2.32. The number of hydrogen-bond donors (Lipinski definition) is 1. The van der Waals surface area contributed by atoms with E-state index < -0.39 is 5.97 Å². The molecule has 2 aliphatic rings. The molecule has 0 unspecified atom stereocenters. The van der Waals surface area contributed by atoms with Crippen LogP contribution in [-0.2, 0) is 12.8 Å². The highest BCUT2D eigenvalue weighted by Gasteiger charge is 2.26. The molecule has 1 fully saturated rings. The Kier molecular flexibility index (Phi) is 5.72. The fourth-order valence-electron chi connectivity index (χ4n) is 3.86. The maximum Gasteiger partial charge on any atom is 0.358 e. The van der Waals surface area contributed by atoms with Crippen LogP contribution in [0.5, 0.6) is 5.75 Å². The number of nitrogens with zero attached hydrogens (tertiary/aromatic N) is 2. The Labute approximate surface area is 144 Å². The minimum atomic E-state index is -0.996. The van der Waals surface area contributed by atoms with Crippen molar-refractivity contribution in [3.05, 3.63) is 23.0 Å². The lowest BCUT2D eigenvalue weighted by molar-refractivity contribution is 0.0684. The lowest BCUT2D eigenvalue weighted by Crippen LogP contribution is -2.35.